The Morgan fingerprint density at radius 2 is 2.15 bits per heavy atom. The van der Waals surface area contributed by atoms with Gasteiger partial charge in [-0.25, -0.2) is 4.98 Å². The van der Waals surface area contributed by atoms with Gasteiger partial charge >= 0.3 is 5.97 Å². The molecule has 1 aliphatic rings. The summed E-state index contributed by atoms with van der Waals surface area (Å²) < 4.78 is 1.93. The molecule has 1 fully saturated rings. The van der Waals surface area contributed by atoms with Crippen LogP contribution in [0.25, 0.3) is 11.0 Å². The van der Waals surface area contributed by atoms with E-state index in [1.165, 1.54) is 0 Å². The van der Waals surface area contributed by atoms with Gasteiger partial charge in [0, 0.05) is 13.5 Å². The molecule has 20 heavy (non-hydrogen) atoms. The molecule has 106 valence electrons. The van der Waals surface area contributed by atoms with Crippen LogP contribution in [0.4, 0.5) is 0 Å². The highest BCUT2D eigenvalue weighted by Crippen LogP contribution is 2.41. The molecular formula is C15H17ClN2O2. The lowest BCUT2D eigenvalue weighted by Gasteiger charge is -2.23. The second-order valence-electron chi connectivity index (χ2n) is 5.66. The molecular weight excluding hydrogens is 276 g/mol. The van der Waals surface area contributed by atoms with Gasteiger partial charge in [0.25, 0.3) is 0 Å². The Labute approximate surface area is 122 Å². The summed E-state index contributed by atoms with van der Waals surface area (Å²) in [7, 11) is 1.90. The van der Waals surface area contributed by atoms with Crippen LogP contribution < -0.4 is 0 Å². The van der Waals surface area contributed by atoms with Crippen molar-refractivity contribution in [2.45, 2.75) is 32.1 Å². The Hall–Kier alpha value is -1.55. The number of fused-ring (bicyclic) bond motifs is 1. The molecule has 0 aliphatic heterocycles. The number of aryl methyl sites for hydroxylation is 1. The molecule has 1 aromatic heterocycles. The minimum Gasteiger partial charge on any atom is -0.481 e. The molecule has 1 saturated carbocycles. The lowest BCUT2D eigenvalue weighted by molar-refractivity contribution is -0.148. The van der Waals surface area contributed by atoms with Gasteiger partial charge in [-0.3, -0.25) is 4.79 Å². The maximum absolute atomic E-state index is 11.7. The van der Waals surface area contributed by atoms with Crippen LogP contribution in [0.3, 0.4) is 0 Å². The van der Waals surface area contributed by atoms with Gasteiger partial charge in [-0.2, -0.15) is 0 Å². The van der Waals surface area contributed by atoms with Gasteiger partial charge in [0.15, 0.2) is 0 Å². The number of hydrogen-bond acceptors (Lipinski definition) is 2. The maximum atomic E-state index is 11.7. The molecule has 5 heteroatoms. The highest BCUT2D eigenvalue weighted by Gasteiger charge is 2.42. The number of hydrogen-bond donors (Lipinski definition) is 1. The fourth-order valence-corrected chi connectivity index (χ4v) is 3.54. The molecule has 0 bridgehead atoms. The summed E-state index contributed by atoms with van der Waals surface area (Å²) in [5.41, 5.74) is 1.05. The monoisotopic (exact) mass is 292 g/mol. The second kappa shape index (κ2) is 4.77. The summed E-state index contributed by atoms with van der Waals surface area (Å²) >= 11 is 6.21. The first kappa shape index (κ1) is 13.4. The standard InChI is InChI=1S/C15H17ClN2O2/c1-18-12(9-15(14(19)20)7-2-3-8-15)17-11-6-4-5-10(16)13(11)18/h4-6H,2-3,7-9H2,1H3,(H,19,20). The number of benzene rings is 1. The number of carboxylic acids is 1. The molecule has 0 radical (unpaired) electrons. The quantitative estimate of drug-likeness (QED) is 0.943. The Morgan fingerprint density at radius 1 is 1.45 bits per heavy atom. The van der Waals surface area contributed by atoms with Gasteiger partial charge < -0.3 is 9.67 Å². The molecule has 3 rings (SSSR count). The fraction of sp³-hybridized carbons (Fsp3) is 0.467. The lowest BCUT2D eigenvalue weighted by Crippen LogP contribution is -2.31. The first-order valence-corrected chi connectivity index (χ1v) is 7.24. The number of aliphatic carboxylic acids is 1. The van der Waals surface area contributed by atoms with Crippen LogP contribution in [0.15, 0.2) is 18.2 Å². The molecule has 0 saturated heterocycles. The van der Waals surface area contributed by atoms with E-state index in [1.54, 1.807) is 0 Å². The van der Waals surface area contributed by atoms with Crippen molar-refractivity contribution in [2.75, 3.05) is 0 Å². The molecule has 0 unspecified atom stereocenters. The first-order chi connectivity index (χ1) is 9.53. The van der Waals surface area contributed by atoms with Crippen molar-refractivity contribution in [2.24, 2.45) is 12.5 Å². The van der Waals surface area contributed by atoms with Crippen molar-refractivity contribution < 1.29 is 9.90 Å². The van der Waals surface area contributed by atoms with E-state index in [9.17, 15) is 9.90 Å². The number of halogens is 1. The van der Waals surface area contributed by atoms with Crippen LogP contribution in [0.5, 0.6) is 0 Å². The number of nitrogens with zero attached hydrogens (tertiary/aromatic N) is 2. The Kier molecular flexibility index (Phi) is 3.21. The van der Waals surface area contributed by atoms with Crippen molar-refractivity contribution in [3.05, 3.63) is 29.0 Å². The van der Waals surface area contributed by atoms with Gasteiger partial charge in [-0.1, -0.05) is 30.5 Å². The third-order valence-electron chi connectivity index (χ3n) is 4.45. The summed E-state index contributed by atoms with van der Waals surface area (Å²) in [5, 5.41) is 10.2. The van der Waals surface area contributed by atoms with Crippen molar-refractivity contribution >= 4 is 28.6 Å². The van der Waals surface area contributed by atoms with E-state index in [-0.39, 0.29) is 0 Å². The number of rotatable bonds is 3. The topological polar surface area (TPSA) is 55.1 Å². The smallest absolute Gasteiger partial charge is 0.310 e. The Morgan fingerprint density at radius 3 is 2.75 bits per heavy atom. The average Bonchev–Trinajstić information content (AvgIpc) is 2.98. The van der Waals surface area contributed by atoms with Crippen LogP contribution in [0.2, 0.25) is 5.02 Å². The zero-order valence-corrected chi connectivity index (χ0v) is 12.2. The predicted molar refractivity (Wildman–Crippen MR) is 78.0 cm³/mol. The van der Waals surface area contributed by atoms with Gasteiger partial charge in [-0.15, -0.1) is 0 Å². The number of aromatic nitrogens is 2. The first-order valence-electron chi connectivity index (χ1n) is 6.87. The summed E-state index contributed by atoms with van der Waals surface area (Å²) in [6, 6.07) is 5.61. The van der Waals surface area contributed by atoms with E-state index in [1.807, 2.05) is 29.8 Å². The van der Waals surface area contributed by atoms with E-state index < -0.39 is 11.4 Å². The van der Waals surface area contributed by atoms with E-state index in [2.05, 4.69) is 4.98 Å². The van der Waals surface area contributed by atoms with E-state index in [0.717, 1.165) is 42.5 Å². The van der Waals surface area contributed by atoms with Crippen LogP contribution in [0.1, 0.15) is 31.5 Å². The second-order valence-corrected chi connectivity index (χ2v) is 6.07. The highest BCUT2D eigenvalue weighted by atomic mass is 35.5. The predicted octanol–water partition coefficient (Wildman–Crippen LogP) is 3.41. The Bertz CT molecular complexity index is 672. The number of carboxylic acid groups (broad SMARTS) is 1. The lowest BCUT2D eigenvalue weighted by atomic mass is 9.82. The van der Waals surface area contributed by atoms with E-state index in [0.29, 0.717) is 11.4 Å². The molecule has 0 spiro atoms. The summed E-state index contributed by atoms with van der Waals surface area (Å²) in [5.74, 6) is 0.102. The molecule has 1 N–H and O–H groups in total. The zero-order valence-electron chi connectivity index (χ0n) is 11.4. The molecule has 1 aromatic carbocycles. The highest BCUT2D eigenvalue weighted by molar-refractivity contribution is 6.35. The zero-order chi connectivity index (χ0) is 14.3. The van der Waals surface area contributed by atoms with E-state index >= 15 is 0 Å². The van der Waals surface area contributed by atoms with Gasteiger partial charge in [0.1, 0.15) is 5.82 Å². The minimum atomic E-state index is -0.701. The molecule has 0 amide bonds. The number of carbonyl (C=O) groups is 1. The van der Waals surface area contributed by atoms with Crippen LogP contribution in [-0.4, -0.2) is 20.6 Å². The fourth-order valence-electron chi connectivity index (χ4n) is 3.25. The average molecular weight is 293 g/mol. The van der Waals surface area contributed by atoms with Crippen molar-refractivity contribution in [3.8, 4) is 0 Å². The largest absolute Gasteiger partial charge is 0.481 e. The number of imidazole rings is 1. The van der Waals surface area contributed by atoms with E-state index in [4.69, 9.17) is 11.6 Å². The number of para-hydroxylation sites is 1. The van der Waals surface area contributed by atoms with Crippen LogP contribution in [-0.2, 0) is 18.3 Å². The van der Waals surface area contributed by atoms with Gasteiger partial charge in [0.05, 0.1) is 21.5 Å². The Balaban J connectivity index is 2.05. The SMILES string of the molecule is Cn1c(CC2(C(=O)O)CCCC2)nc2cccc(Cl)c21. The van der Waals surface area contributed by atoms with Crippen molar-refractivity contribution in [1.29, 1.82) is 0 Å². The summed E-state index contributed by atoms with van der Waals surface area (Å²) in [6.45, 7) is 0. The molecule has 4 nitrogen and oxygen atoms in total. The van der Waals surface area contributed by atoms with Gasteiger partial charge in [0.2, 0.25) is 0 Å². The van der Waals surface area contributed by atoms with Crippen molar-refractivity contribution in [1.82, 2.24) is 9.55 Å². The van der Waals surface area contributed by atoms with Crippen LogP contribution in [0, 0.1) is 5.41 Å². The van der Waals surface area contributed by atoms with Crippen molar-refractivity contribution in [3.63, 3.8) is 0 Å². The van der Waals surface area contributed by atoms with Gasteiger partial charge in [-0.05, 0) is 25.0 Å². The third-order valence-corrected chi connectivity index (χ3v) is 4.75. The normalized spacial score (nSPS) is 17.7. The molecule has 1 aliphatic carbocycles. The summed E-state index contributed by atoms with van der Waals surface area (Å²) in [6.07, 6.45) is 3.91. The minimum absolute atomic E-state index is 0.476. The third kappa shape index (κ3) is 1.99. The molecule has 2 aromatic rings. The molecule has 1 heterocycles. The maximum Gasteiger partial charge on any atom is 0.310 e. The summed E-state index contributed by atoms with van der Waals surface area (Å²) in [4.78, 5) is 16.2. The van der Waals surface area contributed by atoms with Crippen LogP contribution >= 0.6 is 11.6 Å². The molecule has 0 atom stereocenters.